The summed E-state index contributed by atoms with van der Waals surface area (Å²) in [4.78, 5) is 0. The molecule has 2 aliphatic rings. The zero-order chi connectivity index (χ0) is 17.9. The Hall–Kier alpha value is -1.80. The van der Waals surface area contributed by atoms with Crippen LogP contribution in [0, 0.1) is 0 Å². The van der Waals surface area contributed by atoms with Crippen molar-refractivity contribution in [2.24, 2.45) is 0 Å². The number of aliphatic hydroxyl groups excluding tert-OH is 2. The third-order valence-electron chi connectivity index (χ3n) is 4.66. The number of ether oxygens (including phenoxy) is 4. The van der Waals surface area contributed by atoms with E-state index in [9.17, 15) is 10.2 Å². The Morgan fingerprint density at radius 1 is 0.885 bits per heavy atom. The van der Waals surface area contributed by atoms with Crippen molar-refractivity contribution in [2.75, 3.05) is 6.61 Å². The lowest BCUT2D eigenvalue weighted by atomic mass is 9.98. The molecule has 2 aromatic carbocycles. The lowest BCUT2D eigenvalue weighted by Gasteiger charge is -2.46. The highest BCUT2D eigenvalue weighted by Crippen LogP contribution is 2.34. The van der Waals surface area contributed by atoms with E-state index in [-0.39, 0.29) is 13.2 Å². The normalized spacial score (nSPS) is 34.2. The number of aliphatic hydroxyl groups is 2. The van der Waals surface area contributed by atoms with Crippen molar-refractivity contribution in [1.29, 1.82) is 0 Å². The van der Waals surface area contributed by atoms with Gasteiger partial charge in [-0.3, -0.25) is 0 Å². The zero-order valence-electron chi connectivity index (χ0n) is 14.2. The van der Waals surface area contributed by atoms with Crippen LogP contribution in [0.15, 0.2) is 60.7 Å². The van der Waals surface area contributed by atoms with Crippen LogP contribution in [0.1, 0.15) is 17.4 Å². The maximum absolute atomic E-state index is 10.5. The first-order valence-electron chi connectivity index (χ1n) is 8.71. The van der Waals surface area contributed by atoms with E-state index >= 15 is 0 Å². The van der Waals surface area contributed by atoms with Crippen molar-refractivity contribution >= 4 is 0 Å². The van der Waals surface area contributed by atoms with E-state index in [1.807, 2.05) is 60.7 Å². The molecule has 6 nitrogen and oxygen atoms in total. The average molecular weight is 358 g/mol. The Bertz CT molecular complexity index is 692. The van der Waals surface area contributed by atoms with E-state index in [1.165, 1.54) is 0 Å². The van der Waals surface area contributed by atoms with Crippen LogP contribution in [-0.2, 0) is 25.6 Å². The van der Waals surface area contributed by atoms with Gasteiger partial charge in [-0.1, -0.05) is 60.7 Å². The lowest BCUT2D eigenvalue weighted by Crippen LogP contribution is -2.62. The molecule has 2 aliphatic heterocycles. The van der Waals surface area contributed by atoms with Crippen molar-refractivity contribution in [3.05, 3.63) is 71.8 Å². The molecule has 4 rings (SSSR count). The van der Waals surface area contributed by atoms with Gasteiger partial charge in [0.15, 0.2) is 12.6 Å². The zero-order valence-corrected chi connectivity index (χ0v) is 14.2. The Kier molecular flexibility index (Phi) is 5.31. The standard InChI is InChI=1S/C20H22O6/c21-16-17(22)20(23-11-13-7-3-1-4-8-13)25-15-12-24-19(26-18(15)16)14-9-5-2-6-10-14/h1-10,15-22H,11-12H2/t15?,16?,17-,18+,19?,20+/m0/s1. The van der Waals surface area contributed by atoms with E-state index in [1.54, 1.807) is 0 Å². The first kappa shape index (κ1) is 17.6. The highest BCUT2D eigenvalue weighted by atomic mass is 16.8. The summed E-state index contributed by atoms with van der Waals surface area (Å²) in [6.07, 6.45) is -5.04. The molecule has 0 aromatic heterocycles. The molecule has 138 valence electrons. The molecular formula is C20H22O6. The minimum atomic E-state index is -1.20. The van der Waals surface area contributed by atoms with E-state index in [4.69, 9.17) is 18.9 Å². The van der Waals surface area contributed by atoms with Gasteiger partial charge in [0.2, 0.25) is 0 Å². The highest BCUT2D eigenvalue weighted by Gasteiger charge is 2.49. The molecule has 2 fully saturated rings. The second-order valence-electron chi connectivity index (χ2n) is 6.50. The second kappa shape index (κ2) is 7.84. The summed E-state index contributed by atoms with van der Waals surface area (Å²) < 4.78 is 23.1. The summed E-state index contributed by atoms with van der Waals surface area (Å²) in [5.74, 6) is 0. The van der Waals surface area contributed by atoms with Gasteiger partial charge in [-0.25, -0.2) is 0 Å². The van der Waals surface area contributed by atoms with Crippen LogP contribution in [0.25, 0.3) is 0 Å². The van der Waals surface area contributed by atoms with Crippen LogP contribution in [0.2, 0.25) is 0 Å². The Balaban J connectivity index is 1.40. The molecule has 0 amide bonds. The minimum Gasteiger partial charge on any atom is -0.387 e. The van der Waals surface area contributed by atoms with Crippen molar-refractivity contribution in [3.63, 3.8) is 0 Å². The third kappa shape index (κ3) is 3.66. The maximum atomic E-state index is 10.5. The Morgan fingerprint density at radius 3 is 2.31 bits per heavy atom. The van der Waals surface area contributed by atoms with E-state index in [2.05, 4.69) is 0 Å². The van der Waals surface area contributed by atoms with Gasteiger partial charge in [-0.05, 0) is 5.56 Å². The molecule has 0 radical (unpaired) electrons. The monoisotopic (exact) mass is 358 g/mol. The van der Waals surface area contributed by atoms with Gasteiger partial charge >= 0.3 is 0 Å². The summed E-state index contributed by atoms with van der Waals surface area (Å²) in [5, 5.41) is 20.9. The fourth-order valence-electron chi connectivity index (χ4n) is 3.25. The van der Waals surface area contributed by atoms with E-state index in [0.717, 1.165) is 11.1 Å². The number of rotatable bonds is 4. The molecule has 0 spiro atoms. The number of hydrogen-bond acceptors (Lipinski definition) is 6. The summed E-state index contributed by atoms with van der Waals surface area (Å²) >= 11 is 0. The van der Waals surface area contributed by atoms with Crippen LogP contribution in [-0.4, -0.2) is 47.5 Å². The Labute approximate surface area is 151 Å². The predicted molar refractivity (Wildman–Crippen MR) is 91.9 cm³/mol. The molecule has 0 aliphatic carbocycles. The molecular weight excluding hydrogens is 336 g/mol. The summed E-state index contributed by atoms with van der Waals surface area (Å²) in [6, 6.07) is 19.1. The quantitative estimate of drug-likeness (QED) is 0.867. The fraction of sp³-hybridized carbons (Fsp3) is 0.400. The molecule has 6 heteroatoms. The van der Waals surface area contributed by atoms with Crippen LogP contribution in [0.4, 0.5) is 0 Å². The largest absolute Gasteiger partial charge is 0.387 e. The average Bonchev–Trinajstić information content (AvgIpc) is 2.71. The van der Waals surface area contributed by atoms with Crippen molar-refractivity contribution in [3.8, 4) is 0 Å². The molecule has 2 aromatic rings. The van der Waals surface area contributed by atoms with Crippen molar-refractivity contribution in [2.45, 2.75) is 43.6 Å². The number of benzene rings is 2. The van der Waals surface area contributed by atoms with Gasteiger partial charge in [0.1, 0.15) is 24.4 Å². The lowest BCUT2D eigenvalue weighted by molar-refractivity contribution is -0.362. The summed E-state index contributed by atoms with van der Waals surface area (Å²) in [6.45, 7) is 0.528. The predicted octanol–water partition coefficient (Wildman–Crippen LogP) is 1.76. The van der Waals surface area contributed by atoms with Gasteiger partial charge in [-0.15, -0.1) is 0 Å². The van der Waals surface area contributed by atoms with E-state index < -0.39 is 37.0 Å². The van der Waals surface area contributed by atoms with Crippen molar-refractivity contribution in [1.82, 2.24) is 0 Å². The fourth-order valence-corrected chi connectivity index (χ4v) is 3.25. The SMILES string of the molecule is OC1[C@@H]2OC(c3ccccc3)OCC2O[C@@H](OCc2ccccc2)[C@H]1O. The van der Waals surface area contributed by atoms with Crippen LogP contribution in [0.3, 0.4) is 0 Å². The van der Waals surface area contributed by atoms with Gasteiger partial charge < -0.3 is 29.2 Å². The van der Waals surface area contributed by atoms with Gasteiger partial charge in [0, 0.05) is 5.56 Å². The summed E-state index contributed by atoms with van der Waals surface area (Å²) in [7, 11) is 0. The van der Waals surface area contributed by atoms with Crippen LogP contribution < -0.4 is 0 Å². The van der Waals surface area contributed by atoms with Gasteiger partial charge in [0.25, 0.3) is 0 Å². The molecule has 0 saturated carbocycles. The third-order valence-corrected chi connectivity index (χ3v) is 4.66. The molecule has 6 atom stereocenters. The number of hydrogen-bond donors (Lipinski definition) is 2. The molecule has 3 unspecified atom stereocenters. The molecule has 26 heavy (non-hydrogen) atoms. The van der Waals surface area contributed by atoms with Crippen LogP contribution >= 0.6 is 0 Å². The first-order chi connectivity index (χ1) is 12.7. The second-order valence-corrected chi connectivity index (χ2v) is 6.50. The van der Waals surface area contributed by atoms with E-state index in [0.29, 0.717) is 0 Å². The maximum Gasteiger partial charge on any atom is 0.187 e. The van der Waals surface area contributed by atoms with Gasteiger partial charge in [-0.2, -0.15) is 0 Å². The van der Waals surface area contributed by atoms with Gasteiger partial charge in [0.05, 0.1) is 13.2 Å². The molecule has 2 heterocycles. The molecule has 2 saturated heterocycles. The molecule has 2 N–H and O–H groups in total. The Morgan fingerprint density at radius 2 is 1.58 bits per heavy atom. The molecule has 0 bridgehead atoms. The first-order valence-corrected chi connectivity index (χ1v) is 8.71. The topological polar surface area (TPSA) is 77.4 Å². The van der Waals surface area contributed by atoms with Crippen LogP contribution in [0.5, 0.6) is 0 Å². The smallest absolute Gasteiger partial charge is 0.187 e. The highest BCUT2D eigenvalue weighted by molar-refractivity contribution is 5.17. The van der Waals surface area contributed by atoms with Crippen molar-refractivity contribution < 1.29 is 29.2 Å². The minimum absolute atomic E-state index is 0.249. The number of fused-ring (bicyclic) bond motifs is 1. The summed E-state index contributed by atoms with van der Waals surface area (Å²) in [5.41, 5.74) is 1.82.